The van der Waals surface area contributed by atoms with E-state index in [1.807, 2.05) is 6.07 Å². The molecule has 1 fully saturated rings. The molecular weight excluding hydrogens is 290 g/mol. The molecule has 0 atom stereocenters. The number of rotatable bonds is 5. The average molecular weight is 315 g/mol. The molecule has 0 saturated carbocycles. The Balaban J connectivity index is 1.93. The predicted molar refractivity (Wildman–Crippen MR) is 92.4 cm³/mol. The average Bonchev–Trinajstić information content (AvgIpc) is 2.88. The third kappa shape index (κ3) is 3.26. The van der Waals surface area contributed by atoms with E-state index < -0.39 is 5.97 Å². The third-order valence-electron chi connectivity index (χ3n) is 4.83. The third-order valence-corrected chi connectivity index (χ3v) is 4.83. The highest BCUT2D eigenvalue weighted by Crippen LogP contribution is 2.28. The van der Waals surface area contributed by atoms with Gasteiger partial charge < -0.3 is 20.3 Å². The summed E-state index contributed by atoms with van der Waals surface area (Å²) in [7, 11) is 0. The van der Waals surface area contributed by atoms with Crippen LogP contribution in [0.2, 0.25) is 0 Å². The van der Waals surface area contributed by atoms with Crippen LogP contribution in [0.3, 0.4) is 0 Å². The normalized spacial score (nSPS) is 16.1. The number of benzene rings is 1. The van der Waals surface area contributed by atoms with Crippen LogP contribution in [0.4, 0.5) is 0 Å². The Morgan fingerprint density at radius 2 is 2.04 bits per heavy atom. The number of aromatic carboxylic acids is 1. The number of aromatic nitrogens is 1. The molecule has 0 bridgehead atoms. The van der Waals surface area contributed by atoms with E-state index in [-0.39, 0.29) is 0 Å². The molecule has 2 aromatic rings. The topological polar surface area (TPSA) is 68.4 Å². The van der Waals surface area contributed by atoms with E-state index in [1.165, 1.54) is 5.56 Å². The minimum Gasteiger partial charge on any atom is -0.478 e. The first kappa shape index (κ1) is 16.0. The number of carboxylic acids is 1. The fourth-order valence-corrected chi connectivity index (χ4v) is 3.48. The largest absolute Gasteiger partial charge is 0.478 e. The monoisotopic (exact) mass is 315 g/mol. The van der Waals surface area contributed by atoms with E-state index in [2.05, 4.69) is 29.0 Å². The molecule has 0 aliphatic carbocycles. The van der Waals surface area contributed by atoms with E-state index >= 15 is 0 Å². The number of hydrogen-bond donors (Lipinski definition) is 3. The fourth-order valence-electron chi connectivity index (χ4n) is 3.48. The number of fused-ring (bicyclic) bond motifs is 1. The van der Waals surface area contributed by atoms with Crippen LogP contribution < -0.4 is 5.32 Å². The molecule has 1 aromatic carbocycles. The number of aromatic amines is 1. The van der Waals surface area contributed by atoms with Gasteiger partial charge in [-0.25, -0.2) is 4.79 Å². The summed E-state index contributed by atoms with van der Waals surface area (Å²) in [6.07, 6.45) is 1.78. The molecule has 2 heterocycles. The van der Waals surface area contributed by atoms with Crippen LogP contribution >= 0.6 is 0 Å². The van der Waals surface area contributed by atoms with Gasteiger partial charge >= 0.3 is 5.97 Å². The molecule has 1 saturated heterocycles. The summed E-state index contributed by atoms with van der Waals surface area (Å²) in [5.74, 6) is -0.853. The second-order valence-electron chi connectivity index (χ2n) is 6.29. The molecule has 23 heavy (non-hydrogen) atoms. The zero-order valence-corrected chi connectivity index (χ0v) is 13.9. The van der Waals surface area contributed by atoms with Gasteiger partial charge in [0.15, 0.2) is 0 Å². The minimum atomic E-state index is -0.853. The van der Waals surface area contributed by atoms with Crippen molar-refractivity contribution in [1.29, 1.82) is 0 Å². The molecule has 0 radical (unpaired) electrons. The summed E-state index contributed by atoms with van der Waals surface area (Å²) in [5, 5.41) is 13.8. The van der Waals surface area contributed by atoms with Crippen LogP contribution in [0, 0.1) is 6.92 Å². The summed E-state index contributed by atoms with van der Waals surface area (Å²) in [4.78, 5) is 17.4. The molecule has 0 spiro atoms. The second-order valence-corrected chi connectivity index (χ2v) is 6.29. The Morgan fingerprint density at radius 3 is 2.70 bits per heavy atom. The number of aryl methyl sites for hydroxylation is 2. The molecule has 124 valence electrons. The Morgan fingerprint density at radius 1 is 1.30 bits per heavy atom. The molecule has 3 rings (SSSR count). The van der Waals surface area contributed by atoms with Crippen LogP contribution in [0.25, 0.3) is 10.9 Å². The van der Waals surface area contributed by atoms with Gasteiger partial charge in [-0.2, -0.15) is 0 Å². The Bertz CT molecular complexity index is 715. The van der Waals surface area contributed by atoms with E-state index in [0.29, 0.717) is 5.56 Å². The SMILES string of the molecule is CCc1cc(C(=O)O)cc2c(CCN3CCNCC3)c(C)[nH]c12. The Labute approximate surface area is 136 Å². The van der Waals surface area contributed by atoms with Crippen molar-refractivity contribution in [3.05, 3.63) is 34.5 Å². The van der Waals surface area contributed by atoms with Crippen molar-refractivity contribution in [3.63, 3.8) is 0 Å². The molecule has 1 aliphatic heterocycles. The molecular formula is C18H25N3O2. The van der Waals surface area contributed by atoms with E-state index in [9.17, 15) is 9.90 Å². The van der Waals surface area contributed by atoms with Crippen LogP contribution in [0.5, 0.6) is 0 Å². The lowest BCUT2D eigenvalue weighted by molar-refractivity contribution is 0.0697. The number of nitrogens with one attached hydrogen (secondary N) is 2. The summed E-state index contributed by atoms with van der Waals surface area (Å²) >= 11 is 0. The van der Waals surface area contributed by atoms with Crippen molar-refractivity contribution in [1.82, 2.24) is 15.2 Å². The summed E-state index contributed by atoms with van der Waals surface area (Å²) < 4.78 is 0. The van der Waals surface area contributed by atoms with E-state index in [4.69, 9.17) is 0 Å². The van der Waals surface area contributed by atoms with Crippen molar-refractivity contribution >= 4 is 16.9 Å². The summed E-state index contributed by atoms with van der Waals surface area (Å²) in [6, 6.07) is 3.62. The number of H-pyrrole nitrogens is 1. The summed E-state index contributed by atoms with van der Waals surface area (Å²) in [5.41, 5.74) is 4.99. The quantitative estimate of drug-likeness (QED) is 0.791. The lowest BCUT2D eigenvalue weighted by atomic mass is 10.0. The zero-order valence-electron chi connectivity index (χ0n) is 13.9. The Hall–Kier alpha value is -1.85. The van der Waals surface area contributed by atoms with Crippen molar-refractivity contribution in [2.24, 2.45) is 0 Å². The van der Waals surface area contributed by atoms with Gasteiger partial charge in [-0.05, 0) is 43.0 Å². The van der Waals surface area contributed by atoms with Gasteiger partial charge in [0.2, 0.25) is 0 Å². The highest BCUT2D eigenvalue weighted by Gasteiger charge is 2.16. The van der Waals surface area contributed by atoms with Gasteiger partial charge in [-0.3, -0.25) is 0 Å². The van der Waals surface area contributed by atoms with Crippen molar-refractivity contribution < 1.29 is 9.90 Å². The first-order valence-corrected chi connectivity index (χ1v) is 8.40. The lowest BCUT2D eigenvalue weighted by Gasteiger charge is -2.27. The molecule has 3 N–H and O–H groups in total. The highest BCUT2D eigenvalue weighted by atomic mass is 16.4. The lowest BCUT2D eigenvalue weighted by Crippen LogP contribution is -2.44. The molecule has 0 unspecified atom stereocenters. The number of piperazine rings is 1. The number of nitrogens with zero attached hydrogens (tertiary/aromatic N) is 1. The highest BCUT2D eigenvalue weighted by molar-refractivity contribution is 5.96. The number of hydrogen-bond acceptors (Lipinski definition) is 3. The van der Waals surface area contributed by atoms with Gasteiger partial charge in [-0.15, -0.1) is 0 Å². The van der Waals surface area contributed by atoms with E-state index in [1.54, 1.807) is 6.07 Å². The van der Waals surface area contributed by atoms with Gasteiger partial charge in [0.1, 0.15) is 0 Å². The maximum atomic E-state index is 11.4. The molecule has 5 nitrogen and oxygen atoms in total. The molecule has 1 aliphatic rings. The van der Waals surface area contributed by atoms with Crippen LogP contribution in [0.1, 0.15) is 34.1 Å². The smallest absolute Gasteiger partial charge is 0.335 e. The number of carbonyl (C=O) groups is 1. The van der Waals surface area contributed by atoms with Crippen LogP contribution in [-0.4, -0.2) is 53.7 Å². The molecule has 1 aromatic heterocycles. The van der Waals surface area contributed by atoms with Gasteiger partial charge in [0, 0.05) is 49.3 Å². The molecule has 0 amide bonds. The van der Waals surface area contributed by atoms with Gasteiger partial charge in [-0.1, -0.05) is 6.92 Å². The maximum absolute atomic E-state index is 11.4. The zero-order chi connectivity index (χ0) is 16.4. The van der Waals surface area contributed by atoms with Crippen LogP contribution in [0.15, 0.2) is 12.1 Å². The first-order valence-electron chi connectivity index (χ1n) is 8.40. The summed E-state index contributed by atoms with van der Waals surface area (Å²) in [6.45, 7) is 9.45. The second kappa shape index (κ2) is 6.72. The van der Waals surface area contributed by atoms with Crippen molar-refractivity contribution in [2.75, 3.05) is 32.7 Å². The predicted octanol–water partition coefficient (Wildman–Crippen LogP) is 2.18. The number of carboxylic acid groups (broad SMARTS) is 1. The van der Waals surface area contributed by atoms with Crippen molar-refractivity contribution in [2.45, 2.75) is 26.7 Å². The van der Waals surface area contributed by atoms with Crippen LogP contribution in [-0.2, 0) is 12.8 Å². The fraction of sp³-hybridized carbons (Fsp3) is 0.500. The van der Waals surface area contributed by atoms with E-state index in [0.717, 1.165) is 67.7 Å². The molecule has 5 heteroatoms. The maximum Gasteiger partial charge on any atom is 0.335 e. The van der Waals surface area contributed by atoms with Crippen molar-refractivity contribution in [3.8, 4) is 0 Å². The first-order chi connectivity index (χ1) is 11.1. The van der Waals surface area contributed by atoms with Gasteiger partial charge in [0.25, 0.3) is 0 Å². The Kier molecular flexibility index (Phi) is 4.68. The standard InChI is InChI=1S/C18H25N3O2/c1-3-13-10-14(18(22)23)11-16-15(12(2)20-17(13)16)4-7-21-8-5-19-6-9-21/h10-11,19-20H,3-9H2,1-2H3,(H,22,23). The van der Waals surface area contributed by atoms with Gasteiger partial charge in [0.05, 0.1) is 5.56 Å². The minimum absolute atomic E-state index is 0.386.